The molecule has 0 aliphatic carbocycles. The van der Waals surface area contributed by atoms with E-state index in [1.165, 1.54) is 37.4 Å². The van der Waals surface area contributed by atoms with Gasteiger partial charge in [-0.05, 0) is 25.9 Å². The van der Waals surface area contributed by atoms with Crippen molar-refractivity contribution in [3.8, 4) is 0 Å². The molecule has 0 aromatic heterocycles. The summed E-state index contributed by atoms with van der Waals surface area (Å²) in [7, 11) is 0. The normalized spacial score (nSPS) is 28.4. The Kier molecular flexibility index (Phi) is 3.89. The molecule has 0 atom stereocenters. The van der Waals surface area contributed by atoms with Gasteiger partial charge < -0.3 is 5.32 Å². The van der Waals surface area contributed by atoms with Crippen LogP contribution in [-0.4, -0.2) is 28.7 Å². The molecule has 0 unspecified atom stereocenters. The van der Waals surface area contributed by atoms with E-state index in [0.717, 1.165) is 0 Å². The minimum absolute atomic E-state index is 0. The van der Waals surface area contributed by atoms with Gasteiger partial charge in [0.05, 0.1) is 4.08 Å². The van der Waals surface area contributed by atoms with E-state index in [1.54, 1.807) is 0 Å². The third-order valence-electron chi connectivity index (χ3n) is 2.18. The van der Waals surface area contributed by atoms with Gasteiger partial charge in [-0.25, -0.2) is 0 Å². The zero-order chi connectivity index (χ0) is 6.86. The second kappa shape index (κ2) is 4.26. The molecule has 0 aromatic rings. The quantitative estimate of drug-likeness (QED) is 0.658. The van der Waals surface area contributed by atoms with E-state index in [1.807, 2.05) is 0 Å². The van der Waals surface area contributed by atoms with Crippen molar-refractivity contribution < 1.29 is 0 Å². The summed E-state index contributed by atoms with van der Waals surface area (Å²) in [4.78, 5) is 0. The summed E-state index contributed by atoms with van der Waals surface area (Å²) in [6.07, 6.45) is 2.75. The Morgan fingerprint density at radius 2 is 1.55 bits per heavy atom. The highest BCUT2D eigenvalue weighted by Gasteiger charge is 2.36. The van der Waals surface area contributed by atoms with Gasteiger partial charge in [0.2, 0.25) is 0 Å². The lowest BCUT2D eigenvalue weighted by Gasteiger charge is -2.31. The van der Waals surface area contributed by atoms with Crippen molar-refractivity contribution in [3.05, 3.63) is 0 Å². The first-order valence-corrected chi connectivity index (χ1v) is 5.87. The van der Waals surface area contributed by atoms with Crippen LogP contribution >= 0.6 is 35.9 Å². The maximum Gasteiger partial charge on any atom is 0.0635 e. The Balaban J connectivity index is 0.000000605. The molecule has 2 aliphatic heterocycles. The topological polar surface area (TPSA) is 12.0 Å². The summed E-state index contributed by atoms with van der Waals surface area (Å²) in [5.74, 6) is 2.76. The van der Waals surface area contributed by atoms with Gasteiger partial charge in [-0.15, -0.1) is 35.9 Å². The lowest BCUT2D eigenvalue weighted by Crippen LogP contribution is -2.35. The maximum absolute atomic E-state index is 3.41. The molecule has 0 radical (unpaired) electrons. The molecule has 2 saturated heterocycles. The predicted octanol–water partition coefficient (Wildman–Crippen LogP) is 1.97. The van der Waals surface area contributed by atoms with Crippen molar-refractivity contribution in [2.75, 3.05) is 24.6 Å². The molecular formula is C7H14ClNS2. The van der Waals surface area contributed by atoms with Crippen molar-refractivity contribution in [2.45, 2.75) is 16.9 Å². The molecular weight excluding hydrogens is 198 g/mol. The molecule has 0 amide bonds. The molecule has 11 heavy (non-hydrogen) atoms. The third-order valence-corrected chi connectivity index (χ3v) is 5.83. The van der Waals surface area contributed by atoms with Crippen LogP contribution in [0.25, 0.3) is 0 Å². The van der Waals surface area contributed by atoms with Crippen molar-refractivity contribution in [1.82, 2.24) is 5.32 Å². The van der Waals surface area contributed by atoms with Gasteiger partial charge >= 0.3 is 0 Å². The van der Waals surface area contributed by atoms with E-state index < -0.39 is 0 Å². The van der Waals surface area contributed by atoms with E-state index in [-0.39, 0.29) is 12.4 Å². The lowest BCUT2D eigenvalue weighted by molar-refractivity contribution is 0.509. The molecule has 2 rings (SSSR count). The molecule has 1 nitrogen and oxygen atoms in total. The number of rotatable bonds is 0. The predicted molar refractivity (Wildman–Crippen MR) is 57.0 cm³/mol. The van der Waals surface area contributed by atoms with E-state index in [0.29, 0.717) is 4.08 Å². The molecule has 0 bridgehead atoms. The summed E-state index contributed by atoms with van der Waals surface area (Å²) in [5, 5.41) is 3.41. The fraction of sp³-hybridized carbons (Fsp3) is 1.00. The summed E-state index contributed by atoms with van der Waals surface area (Å²) >= 11 is 4.38. The summed E-state index contributed by atoms with van der Waals surface area (Å²) < 4.78 is 0.644. The van der Waals surface area contributed by atoms with Gasteiger partial charge in [0.15, 0.2) is 0 Å². The standard InChI is InChI=1S/C7H13NS2.ClH/c1-3-8-4-2-7(1)9-5-6-10-7;/h8H,1-6H2;1H. The molecule has 1 spiro atoms. The summed E-state index contributed by atoms with van der Waals surface area (Å²) in [6.45, 7) is 2.47. The van der Waals surface area contributed by atoms with E-state index in [9.17, 15) is 0 Å². The molecule has 2 heterocycles. The Bertz CT molecular complexity index is 118. The molecule has 66 valence electrons. The minimum Gasteiger partial charge on any atom is -0.317 e. The lowest BCUT2D eigenvalue weighted by atomic mass is 10.1. The van der Waals surface area contributed by atoms with Gasteiger partial charge in [0, 0.05) is 11.5 Å². The highest BCUT2D eigenvalue weighted by Crippen LogP contribution is 2.49. The molecule has 0 aromatic carbocycles. The first-order chi connectivity index (χ1) is 4.91. The first kappa shape index (κ1) is 10.0. The summed E-state index contributed by atoms with van der Waals surface area (Å²) in [6, 6.07) is 0. The fourth-order valence-corrected chi connectivity index (χ4v) is 4.82. The highest BCUT2D eigenvalue weighted by molar-refractivity contribution is 8.21. The van der Waals surface area contributed by atoms with Gasteiger partial charge in [-0.3, -0.25) is 0 Å². The number of piperidine rings is 1. The molecule has 1 N–H and O–H groups in total. The van der Waals surface area contributed by atoms with E-state index in [4.69, 9.17) is 0 Å². The first-order valence-electron chi connectivity index (χ1n) is 3.90. The van der Waals surface area contributed by atoms with Crippen LogP contribution in [0.1, 0.15) is 12.8 Å². The molecule has 4 heteroatoms. The average molecular weight is 212 g/mol. The molecule has 0 saturated carbocycles. The van der Waals surface area contributed by atoms with Crippen molar-refractivity contribution >= 4 is 35.9 Å². The number of halogens is 1. The van der Waals surface area contributed by atoms with Crippen LogP contribution in [0.3, 0.4) is 0 Å². The Morgan fingerprint density at radius 3 is 2.09 bits per heavy atom. The monoisotopic (exact) mass is 211 g/mol. The van der Waals surface area contributed by atoms with Gasteiger partial charge in [-0.2, -0.15) is 0 Å². The number of thioether (sulfide) groups is 2. The Morgan fingerprint density at radius 1 is 1.00 bits per heavy atom. The average Bonchev–Trinajstić information content (AvgIpc) is 2.39. The number of hydrogen-bond donors (Lipinski definition) is 1. The maximum atomic E-state index is 3.41. The molecule has 2 fully saturated rings. The van der Waals surface area contributed by atoms with Crippen LogP contribution in [0.5, 0.6) is 0 Å². The van der Waals surface area contributed by atoms with Gasteiger partial charge in [0.1, 0.15) is 0 Å². The second-order valence-corrected chi connectivity index (χ2v) is 6.07. The van der Waals surface area contributed by atoms with Crippen LogP contribution < -0.4 is 5.32 Å². The minimum atomic E-state index is 0. The highest BCUT2D eigenvalue weighted by atomic mass is 35.5. The zero-order valence-electron chi connectivity index (χ0n) is 6.47. The van der Waals surface area contributed by atoms with Crippen LogP contribution in [0.4, 0.5) is 0 Å². The summed E-state index contributed by atoms with van der Waals surface area (Å²) in [5.41, 5.74) is 0. The van der Waals surface area contributed by atoms with Crippen LogP contribution in [0.2, 0.25) is 0 Å². The van der Waals surface area contributed by atoms with E-state index in [2.05, 4.69) is 28.8 Å². The number of hydrogen-bond acceptors (Lipinski definition) is 3. The van der Waals surface area contributed by atoms with Gasteiger partial charge in [0.25, 0.3) is 0 Å². The van der Waals surface area contributed by atoms with Crippen molar-refractivity contribution in [2.24, 2.45) is 0 Å². The Hall–Kier alpha value is 0.950. The SMILES string of the molecule is C1CC2(CCN1)SCCS2.Cl. The van der Waals surface area contributed by atoms with Crippen LogP contribution in [0.15, 0.2) is 0 Å². The fourth-order valence-electron chi connectivity index (χ4n) is 1.59. The Labute approximate surface area is 82.9 Å². The van der Waals surface area contributed by atoms with Gasteiger partial charge in [-0.1, -0.05) is 0 Å². The van der Waals surface area contributed by atoms with Crippen LogP contribution in [0, 0.1) is 0 Å². The van der Waals surface area contributed by atoms with E-state index >= 15 is 0 Å². The largest absolute Gasteiger partial charge is 0.317 e. The smallest absolute Gasteiger partial charge is 0.0635 e. The van der Waals surface area contributed by atoms with Crippen LogP contribution in [-0.2, 0) is 0 Å². The van der Waals surface area contributed by atoms with Crippen molar-refractivity contribution in [3.63, 3.8) is 0 Å². The zero-order valence-corrected chi connectivity index (χ0v) is 8.92. The number of nitrogens with one attached hydrogen (secondary N) is 1. The second-order valence-electron chi connectivity index (χ2n) is 2.86. The third kappa shape index (κ3) is 2.20. The van der Waals surface area contributed by atoms with Crippen molar-refractivity contribution in [1.29, 1.82) is 0 Å². The molecule has 2 aliphatic rings.